The van der Waals surface area contributed by atoms with Gasteiger partial charge in [0, 0.05) is 13.3 Å². The molecule has 0 aromatic carbocycles. The van der Waals surface area contributed by atoms with Crippen LogP contribution in [0.15, 0.2) is 5.10 Å². The summed E-state index contributed by atoms with van der Waals surface area (Å²) in [6.07, 6.45) is 1.37. The number of nitrogens with zero attached hydrogens (tertiary/aromatic N) is 2. The zero-order chi connectivity index (χ0) is 20.4. The van der Waals surface area contributed by atoms with Crippen molar-refractivity contribution in [2.75, 3.05) is 13.2 Å². The highest BCUT2D eigenvalue weighted by atomic mass is 16.9. The molecule has 158 valence electrons. The standard InChI is InChI=1S/C19H30N2O7/c1-7-8-9-14-20-21(12(2)22)19(26-14)15-13(25-17(5,6)27-15)10-23-18(19)11-24-16(3,4)28-18/h13,15H,7-11H2,1-6H3/t13-,15-,18+,19+/m1/s1. The average molecular weight is 398 g/mol. The highest BCUT2D eigenvalue weighted by Gasteiger charge is 2.78. The van der Waals surface area contributed by atoms with Gasteiger partial charge in [0.2, 0.25) is 11.8 Å². The molecule has 0 aromatic rings. The van der Waals surface area contributed by atoms with E-state index in [2.05, 4.69) is 12.0 Å². The molecule has 4 aliphatic rings. The molecule has 0 bridgehead atoms. The Morgan fingerprint density at radius 3 is 2.54 bits per heavy atom. The van der Waals surface area contributed by atoms with Crippen LogP contribution in [0.1, 0.15) is 60.8 Å². The summed E-state index contributed by atoms with van der Waals surface area (Å²) in [6, 6.07) is 0. The minimum atomic E-state index is -1.47. The Labute approximate surface area is 165 Å². The number of amides is 1. The van der Waals surface area contributed by atoms with Gasteiger partial charge >= 0.3 is 0 Å². The second-order valence-corrected chi connectivity index (χ2v) is 8.68. The van der Waals surface area contributed by atoms with Crippen molar-refractivity contribution in [3.63, 3.8) is 0 Å². The van der Waals surface area contributed by atoms with Crippen LogP contribution < -0.4 is 0 Å². The van der Waals surface area contributed by atoms with Gasteiger partial charge in [-0.3, -0.25) is 4.79 Å². The molecule has 0 radical (unpaired) electrons. The van der Waals surface area contributed by atoms with Gasteiger partial charge in [0.1, 0.15) is 12.7 Å². The minimum Gasteiger partial charge on any atom is -0.442 e. The van der Waals surface area contributed by atoms with E-state index in [1.807, 2.05) is 13.8 Å². The van der Waals surface area contributed by atoms with E-state index < -0.39 is 35.3 Å². The fraction of sp³-hybridized carbons (Fsp3) is 0.895. The molecule has 9 nitrogen and oxygen atoms in total. The first-order valence-corrected chi connectivity index (χ1v) is 9.95. The van der Waals surface area contributed by atoms with Crippen LogP contribution in [0, 0.1) is 0 Å². The summed E-state index contributed by atoms with van der Waals surface area (Å²) in [6.45, 7) is 11.1. The normalized spacial score (nSPS) is 40.6. The SMILES string of the molecule is CCCCC1=NN(C(C)=O)[C@]2(O1)[C@@H]1OC(C)(C)O[C@@H]1CO[C@]21COC(C)(C)O1. The van der Waals surface area contributed by atoms with Crippen LogP contribution in [0.5, 0.6) is 0 Å². The molecule has 3 fully saturated rings. The zero-order valence-electron chi connectivity index (χ0n) is 17.4. The van der Waals surface area contributed by atoms with E-state index in [1.165, 1.54) is 11.9 Å². The smallest absolute Gasteiger partial charge is 0.291 e. The van der Waals surface area contributed by atoms with Gasteiger partial charge in [-0.2, -0.15) is 5.01 Å². The molecule has 0 aromatic heterocycles. The second-order valence-electron chi connectivity index (χ2n) is 8.68. The van der Waals surface area contributed by atoms with Crippen molar-refractivity contribution in [3.05, 3.63) is 0 Å². The van der Waals surface area contributed by atoms with Crippen molar-refractivity contribution >= 4 is 11.8 Å². The van der Waals surface area contributed by atoms with Gasteiger partial charge in [-0.1, -0.05) is 13.3 Å². The van der Waals surface area contributed by atoms with Crippen LogP contribution >= 0.6 is 0 Å². The van der Waals surface area contributed by atoms with Gasteiger partial charge < -0.3 is 28.4 Å². The molecule has 4 atom stereocenters. The Hall–Kier alpha value is -1.26. The lowest BCUT2D eigenvalue weighted by atomic mass is 9.88. The van der Waals surface area contributed by atoms with Crippen molar-refractivity contribution in [2.45, 2.75) is 96.1 Å². The monoisotopic (exact) mass is 398 g/mol. The molecule has 0 saturated carbocycles. The summed E-state index contributed by atoms with van der Waals surface area (Å²) in [4.78, 5) is 12.7. The van der Waals surface area contributed by atoms with Crippen LogP contribution in [0.25, 0.3) is 0 Å². The third-order valence-electron chi connectivity index (χ3n) is 5.46. The number of carbonyl (C=O) groups is 1. The van der Waals surface area contributed by atoms with E-state index in [9.17, 15) is 4.79 Å². The van der Waals surface area contributed by atoms with Crippen LogP contribution in [0.4, 0.5) is 0 Å². The summed E-state index contributed by atoms with van der Waals surface area (Å²) in [7, 11) is 0. The molecule has 1 amide bonds. The summed E-state index contributed by atoms with van der Waals surface area (Å²) in [5, 5.41) is 5.81. The first-order chi connectivity index (χ1) is 13.0. The predicted octanol–water partition coefficient (Wildman–Crippen LogP) is 2.09. The van der Waals surface area contributed by atoms with Crippen LogP contribution in [0.2, 0.25) is 0 Å². The fourth-order valence-corrected chi connectivity index (χ4v) is 4.38. The Morgan fingerprint density at radius 1 is 1.18 bits per heavy atom. The molecule has 4 aliphatic heterocycles. The third kappa shape index (κ3) is 2.87. The molecular formula is C19H30N2O7. The molecule has 0 N–H and O–H groups in total. The molecule has 2 spiro atoms. The van der Waals surface area contributed by atoms with E-state index in [-0.39, 0.29) is 19.1 Å². The van der Waals surface area contributed by atoms with Gasteiger partial charge in [-0.25, -0.2) is 0 Å². The van der Waals surface area contributed by atoms with Gasteiger partial charge in [-0.05, 0) is 34.1 Å². The Morgan fingerprint density at radius 2 is 1.93 bits per heavy atom. The maximum absolute atomic E-state index is 12.7. The lowest BCUT2D eigenvalue weighted by molar-refractivity contribution is -0.386. The average Bonchev–Trinajstić information content (AvgIpc) is 3.22. The quantitative estimate of drug-likeness (QED) is 0.719. The summed E-state index contributed by atoms with van der Waals surface area (Å²) >= 11 is 0. The third-order valence-corrected chi connectivity index (χ3v) is 5.46. The first kappa shape index (κ1) is 20.0. The number of hydrazone groups is 1. The lowest BCUT2D eigenvalue weighted by Crippen LogP contribution is -2.76. The van der Waals surface area contributed by atoms with E-state index in [1.54, 1.807) is 13.8 Å². The number of fused-ring (bicyclic) bond motifs is 3. The molecule has 28 heavy (non-hydrogen) atoms. The van der Waals surface area contributed by atoms with Crippen molar-refractivity contribution in [2.24, 2.45) is 5.10 Å². The number of ether oxygens (including phenoxy) is 6. The van der Waals surface area contributed by atoms with Crippen LogP contribution in [-0.4, -0.2) is 65.3 Å². The number of rotatable bonds is 3. The van der Waals surface area contributed by atoms with E-state index in [0.717, 1.165) is 12.8 Å². The maximum Gasteiger partial charge on any atom is 0.291 e. The van der Waals surface area contributed by atoms with Gasteiger partial charge in [0.05, 0.1) is 6.61 Å². The van der Waals surface area contributed by atoms with Crippen molar-refractivity contribution in [1.82, 2.24) is 5.01 Å². The lowest BCUT2D eigenvalue weighted by Gasteiger charge is -2.52. The number of hydrogen-bond donors (Lipinski definition) is 0. The summed E-state index contributed by atoms with van der Waals surface area (Å²) < 4.78 is 37.0. The first-order valence-electron chi connectivity index (χ1n) is 9.95. The van der Waals surface area contributed by atoms with Gasteiger partial charge in [0.25, 0.3) is 11.5 Å². The van der Waals surface area contributed by atoms with Gasteiger partial charge in [0.15, 0.2) is 17.7 Å². The molecule has 3 saturated heterocycles. The van der Waals surface area contributed by atoms with Crippen molar-refractivity contribution in [3.8, 4) is 0 Å². The zero-order valence-corrected chi connectivity index (χ0v) is 17.4. The number of hydrogen-bond acceptors (Lipinski definition) is 8. The largest absolute Gasteiger partial charge is 0.442 e. The highest BCUT2D eigenvalue weighted by Crippen LogP contribution is 2.54. The fourth-order valence-electron chi connectivity index (χ4n) is 4.38. The highest BCUT2D eigenvalue weighted by molar-refractivity contribution is 5.83. The minimum absolute atomic E-state index is 0.0768. The molecule has 9 heteroatoms. The van der Waals surface area contributed by atoms with E-state index in [4.69, 9.17) is 28.4 Å². The Balaban J connectivity index is 1.81. The molecule has 4 rings (SSSR count). The van der Waals surface area contributed by atoms with Gasteiger partial charge in [-0.15, -0.1) is 5.10 Å². The van der Waals surface area contributed by atoms with Crippen molar-refractivity contribution < 1.29 is 33.2 Å². The molecule has 0 aliphatic carbocycles. The molecule has 4 heterocycles. The topological polar surface area (TPSA) is 88.1 Å². The molecular weight excluding hydrogens is 368 g/mol. The molecule has 0 unspecified atom stereocenters. The van der Waals surface area contributed by atoms with Crippen LogP contribution in [-0.2, 0) is 33.2 Å². The van der Waals surface area contributed by atoms with E-state index >= 15 is 0 Å². The Kier molecular flexibility index (Phi) is 4.56. The number of carbonyl (C=O) groups excluding carboxylic acids is 1. The number of unbranched alkanes of at least 4 members (excludes halogenated alkanes) is 1. The second kappa shape index (κ2) is 6.37. The summed E-state index contributed by atoms with van der Waals surface area (Å²) in [5.41, 5.74) is -1.47. The van der Waals surface area contributed by atoms with Crippen molar-refractivity contribution in [1.29, 1.82) is 0 Å². The predicted molar refractivity (Wildman–Crippen MR) is 96.9 cm³/mol. The van der Waals surface area contributed by atoms with Crippen LogP contribution in [0.3, 0.4) is 0 Å². The summed E-state index contributed by atoms with van der Waals surface area (Å²) in [5.74, 6) is -2.99. The maximum atomic E-state index is 12.7. The Bertz CT molecular complexity index is 692. The van der Waals surface area contributed by atoms with E-state index in [0.29, 0.717) is 12.3 Å².